The second kappa shape index (κ2) is 6.83. The van der Waals surface area contributed by atoms with Crippen molar-refractivity contribution in [2.75, 3.05) is 17.7 Å². The number of nitrogens with one attached hydrogen (secondary N) is 1. The van der Waals surface area contributed by atoms with Gasteiger partial charge in [0.2, 0.25) is 11.9 Å². The highest BCUT2D eigenvalue weighted by atomic mass is 79.9. The largest absolute Gasteiger partial charge is 0.394 e. The van der Waals surface area contributed by atoms with Gasteiger partial charge in [-0.05, 0) is 15.9 Å². The lowest BCUT2D eigenvalue weighted by molar-refractivity contribution is -0.118. The number of aliphatic hydroxyl groups is 2. The minimum atomic E-state index is -0.813. The first-order chi connectivity index (χ1) is 11.8. The third-order valence-corrected chi connectivity index (χ3v) is 4.51. The minimum Gasteiger partial charge on any atom is -0.394 e. The van der Waals surface area contributed by atoms with Gasteiger partial charge in [-0.2, -0.15) is 15.1 Å². The topological polar surface area (TPSA) is 148 Å². The fourth-order valence-corrected chi connectivity index (χ4v) is 3.11. The van der Waals surface area contributed by atoms with E-state index in [-0.39, 0.29) is 36.6 Å². The zero-order valence-corrected chi connectivity index (χ0v) is 15.3. The second-order valence-electron chi connectivity index (χ2n) is 6.13. The number of carbonyl (C=O) groups excluding carboxylic acids is 1. The number of carbonyl (C=O) groups is 1. The minimum absolute atomic E-state index is 0.0644. The summed E-state index contributed by atoms with van der Waals surface area (Å²) in [5.74, 6) is -0.262. The third kappa shape index (κ3) is 3.32. The van der Waals surface area contributed by atoms with Crippen LogP contribution < -0.4 is 11.1 Å². The molecule has 0 radical (unpaired) electrons. The van der Waals surface area contributed by atoms with Crippen LogP contribution in [0.5, 0.6) is 0 Å². The first-order valence-corrected chi connectivity index (χ1v) is 8.57. The molecule has 1 aliphatic heterocycles. The van der Waals surface area contributed by atoms with E-state index < -0.39 is 18.4 Å². The summed E-state index contributed by atoms with van der Waals surface area (Å²) >= 11 is 3.31. The van der Waals surface area contributed by atoms with Gasteiger partial charge >= 0.3 is 0 Å². The smallest absolute Gasteiger partial charge is 0.233 e. The predicted octanol–water partition coefficient (Wildman–Crippen LogP) is 0.406. The number of aliphatic hydroxyl groups excluding tert-OH is 2. The lowest BCUT2D eigenvalue weighted by Gasteiger charge is -2.13. The Kier molecular flexibility index (Phi) is 4.91. The van der Waals surface area contributed by atoms with Crippen LogP contribution in [0.1, 0.15) is 26.5 Å². The van der Waals surface area contributed by atoms with Crippen molar-refractivity contribution in [1.29, 1.82) is 0 Å². The Hall–Kier alpha value is -1.82. The third-order valence-electron chi connectivity index (χ3n) is 3.95. The molecule has 0 aliphatic carbocycles. The number of hydrogen-bond acceptors (Lipinski definition) is 8. The molecule has 1 saturated heterocycles. The average molecular weight is 415 g/mol. The highest BCUT2D eigenvalue weighted by Crippen LogP contribution is 2.34. The average Bonchev–Trinajstić information content (AvgIpc) is 3.07. The molecule has 1 fully saturated rings. The van der Waals surface area contributed by atoms with Crippen molar-refractivity contribution in [3.63, 3.8) is 0 Å². The molecule has 1 amide bonds. The van der Waals surface area contributed by atoms with Crippen molar-refractivity contribution < 1.29 is 19.7 Å². The van der Waals surface area contributed by atoms with E-state index >= 15 is 0 Å². The van der Waals surface area contributed by atoms with Gasteiger partial charge in [0.05, 0.1) is 18.1 Å². The standard InChI is InChI=1S/C14H19BrN6O4/c1-5(2)13(24)19-14-17-11(16)9-10(15)20-21(12(9)18-14)8-3-6(23)7(4-22)25-8/h5-8,22-23H,3-4H2,1-2H3,(H3,16,17,18,19,24)/t6-,7+,8-/m0/s1. The first-order valence-electron chi connectivity index (χ1n) is 7.78. The van der Waals surface area contributed by atoms with E-state index in [4.69, 9.17) is 10.5 Å². The van der Waals surface area contributed by atoms with Gasteiger partial charge in [0.15, 0.2) is 11.9 Å². The molecule has 0 bridgehead atoms. The highest BCUT2D eigenvalue weighted by Gasteiger charge is 2.36. The van der Waals surface area contributed by atoms with Crippen LogP contribution in [0.15, 0.2) is 4.60 Å². The summed E-state index contributed by atoms with van der Waals surface area (Å²) in [6, 6.07) is 0. The first kappa shape index (κ1) is 18.0. The number of halogens is 1. The van der Waals surface area contributed by atoms with Crippen LogP contribution in [-0.2, 0) is 9.53 Å². The van der Waals surface area contributed by atoms with Crippen LogP contribution in [0.3, 0.4) is 0 Å². The molecule has 0 aromatic carbocycles. The molecule has 2 aromatic heterocycles. The Labute approximate surface area is 151 Å². The van der Waals surface area contributed by atoms with Crippen LogP contribution in [0.2, 0.25) is 0 Å². The molecular formula is C14H19BrN6O4. The summed E-state index contributed by atoms with van der Waals surface area (Å²) in [5.41, 5.74) is 6.34. The number of hydrogen-bond donors (Lipinski definition) is 4. The molecule has 11 heteroatoms. The highest BCUT2D eigenvalue weighted by molar-refractivity contribution is 9.10. The number of nitrogens with two attached hydrogens (primary N) is 1. The second-order valence-corrected chi connectivity index (χ2v) is 6.88. The van der Waals surface area contributed by atoms with Crippen molar-refractivity contribution in [3.8, 4) is 0 Å². The summed E-state index contributed by atoms with van der Waals surface area (Å²) in [6.07, 6.45) is -1.88. The molecule has 136 valence electrons. The molecule has 10 nitrogen and oxygen atoms in total. The maximum atomic E-state index is 11.9. The van der Waals surface area contributed by atoms with E-state index in [0.29, 0.717) is 15.6 Å². The quantitative estimate of drug-likeness (QED) is 0.561. The van der Waals surface area contributed by atoms with Crippen molar-refractivity contribution in [1.82, 2.24) is 19.7 Å². The Morgan fingerprint density at radius 3 is 2.84 bits per heavy atom. The molecule has 3 rings (SSSR count). The number of nitrogen functional groups attached to an aromatic ring is 1. The van der Waals surface area contributed by atoms with Crippen molar-refractivity contribution in [3.05, 3.63) is 4.60 Å². The zero-order valence-electron chi connectivity index (χ0n) is 13.7. The summed E-state index contributed by atoms with van der Waals surface area (Å²) in [6.45, 7) is 3.20. The van der Waals surface area contributed by atoms with Crippen LogP contribution >= 0.6 is 15.9 Å². The lowest BCUT2D eigenvalue weighted by atomic mass is 10.2. The number of anilines is 2. The molecule has 5 N–H and O–H groups in total. The van der Waals surface area contributed by atoms with Crippen LogP contribution in [0.25, 0.3) is 11.0 Å². The Morgan fingerprint density at radius 2 is 2.24 bits per heavy atom. The van der Waals surface area contributed by atoms with E-state index in [0.717, 1.165) is 0 Å². The normalized spacial score (nSPS) is 23.5. The fraction of sp³-hybridized carbons (Fsp3) is 0.571. The van der Waals surface area contributed by atoms with E-state index in [1.165, 1.54) is 4.68 Å². The molecule has 1 aliphatic rings. The Bertz CT molecular complexity index is 810. The molecular weight excluding hydrogens is 396 g/mol. The van der Waals surface area contributed by atoms with Gasteiger partial charge < -0.3 is 20.7 Å². The summed E-state index contributed by atoms with van der Waals surface area (Å²) < 4.78 is 7.50. The number of fused-ring (bicyclic) bond motifs is 1. The number of amides is 1. The molecule has 25 heavy (non-hydrogen) atoms. The summed E-state index contributed by atoms with van der Waals surface area (Å²) in [5, 5.41) is 26.6. The van der Waals surface area contributed by atoms with E-state index in [9.17, 15) is 15.0 Å². The Morgan fingerprint density at radius 1 is 1.52 bits per heavy atom. The van der Waals surface area contributed by atoms with Crippen LogP contribution in [-0.4, -0.2) is 54.7 Å². The van der Waals surface area contributed by atoms with Crippen LogP contribution in [0.4, 0.5) is 11.8 Å². The predicted molar refractivity (Wildman–Crippen MR) is 92.5 cm³/mol. The van der Waals surface area contributed by atoms with Crippen LogP contribution in [0, 0.1) is 5.92 Å². The van der Waals surface area contributed by atoms with E-state index in [1.807, 2.05) is 0 Å². The molecule has 3 atom stereocenters. The van der Waals surface area contributed by atoms with Crippen molar-refractivity contribution >= 4 is 44.6 Å². The number of aromatic nitrogens is 4. The van der Waals surface area contributed by atoms with Crippen molar-refractivity contribution in [2.45, 2.75) is 38.7 Å². The van der Waals surface area contributed by atoms with Crippen molar-refractivity contribution in [2.24, 2.45) is 5.92 Å². The number of nitrogens with zero attached hydrogens (tertiary/aromatic N) is 4. The molecule has 0 spiro atoms. The van der Waals surface area contributed by atoms with Gasteiger partial charge in [0.1, 0.15) is 16.5 Å². The molecule has 3 heterocycles. The fourth-order valence-electron chi connectivity index (χ4n) is 2.56. The van der Waals surface area contributed by atoms with E-state index in [2.05, 4.69) is 36.3 Å². The zero-order chi connectivity index (χ0) is 18.3. The van der Waals surface area contributed by atoms with Gasteiger partial charge in [0.25, 0.3) is 0 Å². The number of rotatable bonds is 4. The van der Waals surface area contributed by atoms with Gasteiger partial charge in [-0.3, -0.25) is 10.1 Å². The monoisotopic (exact) mass is 414 g/mol. The lowest BCUT2D eigenvalue weighted by Crippen LogP contribution is -2.24. The molecule has 2 aromatic rings. The van der Waals surface area contributed by atoms with Gasteiger partial charge in [-0.15, -0.1) is 0 Å². The van der Waals surface area contributed by atoms with Gasteiger partial charge in [0, 0.05) is 12.3 Å². The molecule has 0 saturated carbocycles. The summed E-state index contributed by atoms with van der Waals surface area (Å²) in [4.78, 5) is 20.3. The maximum Gasteiger partial charge on any atom is 0.233 e. The number of ether oxygens (including phenoxy) is 1. The van der Waals surface area contributed by atoms with Gasteiger partial charge in [-0.1, -0.05) is 13.8 Å². The summed E-state index contributed by atoms with van der Waals surface area (Å²) in [7, 11) is 0. The molecule has 0 unspecified atom stereocenters. The Balaban J connectivity index is 2.02. The van der Waals surface area contributed by atoms with E-state index in [1.54, 1.807) is 13.8 Å². The van der Waals surface area contributed by atoms with Gasteiger partial charge in [-0.25, -0.2) is 4.68 Å². The SMILES string of the molecule is CC(C)C(=O)Nc1nc(N)c2c(Br)nn([C@@H]3C[C@H](O)[C@@H](CO)O3)c2n1. The maximum absolute atomic E-state index is 11.9.